The minimum Gasteiger partial charge on any atom is -0.455 e. The molecule has 0 fully saturated rings. The van der Waals surface area contributed by atoms with Gasteiger partial charge in [-0.1, -0.05) is 46.9 Å². The summed E-state index contributed by atoms with van der Waals surface area (Å²) in [6, 6.07) is 11.0. The van der Waals surface area contributed by atoms with Gasteiger partial charge in [-0.3, -0.25) is 25.2 Å². The highest BCUT2D eigenvalue weighted by molar-refractivity contribution is 6.36. The van der Waals surface area contributed by atoms with Gasteiger partial charge in [-0.05, 0) is 50.1 Å². The van der Waals surface area contributed by atoms with Gasteiger partial charge >= 0.3 is 5.91 Å². The molecular formula is C24H19Cl3N4O4. The largest absolute Gasteiger partial charge is 0.455 e. The summed E-state index contributed by atoms with van der Waals surface area (Å²) in [5, 5.41) is 5.15. The lowest BCUT2D eigenvalue weighted by Crippen LogP contribution is -2.41. The van der Waals surface area contributed by atoms with Gasteiger partial charge in [-0.2, -0.15) is 5.10 Å². The van der Waals surface area contributed by atoms with E-state index in [1.165, 1.54) is 18.2 Å². The van der Waals surface area contributed by atoms with Crippen molar-refractivity contribution in [2.24, 2.45) is 5.10 Å². The smallest absolute Gasteiger partial charge is 0.305 e. The molecule has 2 aromatic carbocycles. The number of benzene rings is 2. The number of fused-ring (bicyclic) bond motifs is 1. The highest BCUT2D eigenvalue weighted by Crippen LogP contribution is 2.30. The Labute approximate surface area is 215 Å². The number of hydrazine groups is 1. The third kappa shape index (κ3) is 5.35. The maximum absolute atomic E-state index is 12.7. The number of nitrogens with zero attached hydrogens (tertiary/aromatic N) is 1. The Morgan fingerprint density at radius 2 is 1.60 bits per heavy atom. The van der Waals surface area contributed by atoms with Crippen LogP contribution in [0.3, 0.4) is 0 Å². The molecule has 1 heterocycles. The molecule has 0 saturated carbocycles. The van der Waals surface area contributed by atoms with Gasteiger partial charge in [0, 0.05) is 22.6 Å². The molecule has 0 radical (unpaired) electrons. The van der Waals surface area contributed by atoms with Gasteiger partial charge in [0.25, 0.3) is 11.8 Å². The highest BCUT2D eigenvalue weighted by Gasteiger charge is 2.28. The summed E-state index contributed by atoms with van der Waals surface area (Å²) in [5.41, 5.74) is 9.41. The van der Waals surface area contributed by atoms with Crippen molar-refractivity contribution < 1.29 is 18.8 Å². The summed E-state index contributed by atoms with van der Waals surface area (Å²) in [7, 11) is 0. The van der Waals surface area contributed by atoms with Crippen LogP contribution in [0.15, 0.2) is 52.0 Å². The summed E-state index contributed by atoms with van der Waals surface area (Å²) in [4.78, 5) is 37.6. The molecule has 180 valence electrons. The van der Waals surface area contributed by atoms with Gasteiger partial charge in [-0.25, -0.2) is 5.43 Å². The van der Waals surface area contributed by atoms with Gasteiger partial charge in [0.05, 0.1) is 26.9 Å². The molecule has 0 unspecified atom stereocenters. The standard InChI is InChI=1S/C24H19Cl3N4O4/c1-12-20-18(28-29-23(33)15-10-9-13(25)11-17(15)27)7-4-8-19(20)35-21(12)24(34)31-30-22(32)14-5-2-3-6-16(14)26/h2-3,5-6,9-11H,4,7-8H2,1H3,(H,29,33)(H,30,32)(H,31,34)/b28-18+. The van der Waals surface area contributed by atoms with Gasteiger partial charge in [-0.15, -0.1) is 0 Å². The molecule has 0 aliphatic heterocycles. The first kappa shape index (κ1) is 24.8. The Hall–Kier alpha value is -3.33. The maximum Gasteiger partial charge on any atom is 0.305 e. The topological polar surface area (TPSA) is 113 Å². The lowest BCUT2D eigenvalue weighted by atomic mass is 9.93. The number of hydrogen-bond acceptors (Lipinski definition) is 5. The summed E-state index contributed by atoms with van der Waals surface area (Å²) in [6.45, 7) is 1.71. The molecule has 11 heteroatoms. The van der Waals surface area contributed by atoms with E-state index in [4.69, 9.17) is 39.2 Å². The highest BCUT2D eigenvalue weighted by atomic mass is 35.5. The van der Waals surface area contributed by atoms with E-state index in [1.54, 1.807) is 31.2 Å². The van der Waals surface area contributed by atoms with Crippen molar-refractivity contribution in [3.8, 4) is 0 Å². The van der Waals surface area contributed by atoms with Crippen molar-refractivity contribution in [3.63, 3.8) is 0 Å². The molecule has 35 heavy (non-hydrogen) atoms. The Morgan fingerprint density at radius 3 is 2.34 bits per heavy atom. The second kappa shape index (κ2) is 10.5. The van der Waals surface area contributed by atoms with Crippen LogP contribution in [0.25, 0.3) is 0 Å². The molecule has 1 aliphatic rings. The van der Waals surface area contributed by atoms with Crippen molar-refractivity contribution >= 4 is 58.2 Å². The van der Waals surface area contributed by atoms with E-state index in [0.29, 0.717) is 40.5 Å². The van der Waals surface area contributed by atoms with Crippen LogP contribution in [-0.2, 0) is 6.42 Å². The fourth-order valence-corrected chi connectivity index (χ4v) is 4.45. The second-order valence-corrected chi connectivity index (χ2v) is 8.97. The lowest BCUT2D eigenvalue weighted by Gasteiger charge is -2.13. The zero-order valence-electron chi connectivity index (χ0n) is 18.4. The summed E-state index contributed by atoms with van der Waals surface area (Å²) >= 11 is 18.0. The zero-order chi connectivity index (χ0) is 25.1. The average Bonchev–Trinajstić information content (AvgIpc) is 3.18. The molecule has 0 spiro atoms. The Balaban J connectivity index is 1.50. The monoisotopic (exact) mass is 532 g/mol. The molecular weight excluding hydrogens is 515 g/mol. The number of hydrogen-bond donors (Lipinski definition) is 3. The molecule has 0 bridgehead atoms. The van der Waals surface area contributed by atoms with Gasteiger partial charge in [0.2, 0.25) is 0 Å². The molecule has 0 atom stereocenters. The van der Waals surface area contributed by atoms with Crippen LogP contribution in [0.2, 0.25) is 15.1 Å². The van der Waals surface area contributed by atoms with E-state index in [2.05, 4.69) is 21.4 Å². The van der Waals surface area contributed by atoms with Crippen LogP contribution in [0.4, 0.5) is 0 Å². The molecule has 1 aliphatic carbocycles. The van der Waals surface area contributed by atoms with Crippen molar-refractivity contribution in [2.75, 3.05) is 0 Å². The maximum atomic E-state index is 12.7. The number of furan rings is 1. The summed E-state index contributed by atoms with van der Waals surface area (Å²) < 4.78 is 5.80. The number of aryl methyl sites for hydroxylation is 1. The molecule has 4 rings (SSSR count). The van der Waals surface area contributed by atoms with Gasteiger partial charge < -0.3 is 4.42 Å². The predicted molar refractivity (Wildman–Crippen MR) is 133 cm³/mol. The fourth-order valence-electron chi connectivity index (χ4n) is 3.73. The Kier molecular flexibility index (Phi) is 7.45. The number of nitrogens with one attached hydrogen (secondary N) is 3. The summed E-state index contributed by atoms with van der Waals surface area (Å²) in [5.74, 6) is -1.07. The first-order chi connectivity index (χ1) is 16.8. The van der Waals surface area contributed by atoms with E-state index in [-0.39, 0.29) is 26.9 Å². The number of halogens is 3. The quantitative estimate of drug-likeness (QED) is 0.405. The minimum absolute atomic E-state index is 0.0381. The SMILES string of the molecule is Cc1c(C(=O)NNC(=O)c2ccccc2Cl)oc2c1/C(=N/NC(=O)c1ccc(Cl)cc1Cl)CCC2. The van der Waals surface area contributed by atoms with Crippen LogP contribution in [0.1, 0.15) is 61.0 Å². The normalized spacial score (nSPS) is 13.8. The minimum atomic E-state index is -0.631. The molecule has 8 nitrogen and oxygen atoms in total. The van der Waals surface area contributed by atoms with E-state index >= 15 is 0 Å². The summed E-state index contributed by atoms with van der Waals surface area (Å²) in [6.07, 6.45) is 1.90. The molecule has 3 aromatic rings. The first-order valence-corrected chi connectivity index (χ1v) is 11.7. The van der Waals surface area contributed by atoms with Crippen LogP contribution >= 0.6 is 34.8 Å². The van der Waals surface area contributed by atoms with Crippen LogP contribution < -0.4 is 16.3 Å². The Morgan fingerprint density at radius 1 is 0.886 bits per heavy atom. The second-order valence-electron chi connectivity index (χ2n) is 7.72. The van der Waals surface area contributed by atoms with E-state index < -0.39 is 17.7 Å². The fraction of sp³-hybridized carbons (Fsp3) is 0.167. The first-order valence-electron chi connectivity index (χ1n) is 10.6. The number of carbonyl (C=O) groups is 3. The predicted octanol–water partition coefficient (Wildman–Crippen LogP) is 5.09. The van der Waals surface area contributed by atoms with Gasteiger partial charge in [0.15, 0.2) is 5.76 Å². The Bertz CT molecular complexity index is 1370. The number of rotatable bonds is 4. The van der Waals surface area contributed by atoms with E-state index in [1.807, 2.05) is 0 Å². The molecule has 3 N–H and O–H groups in total. The van der Waals surface area contributed by atoms with Crippen LogP contribution in [0, 0.1) is 6.92 Å². The molecule has 3 amide bonds. The van der Waals surface area contributed by atoms with E-state index in [0.717, 1.165) is 6.42 Å². The average molecular weight is 534 g/mol. The van der Waals surface area contributed by atoms with Crippen LogP contribution in [0.5, 0.6) is 0 Å². The molecule has 0 saturated heterocycles. The molecule has 1 aromatic heterocycles. The van der Waals surface area contributed by atoms with Crippen LogP contribution in [-0.4, -0.2) is 23.4 Å². The lowest BCUT2D eigenvalue weighted by molar-refractivity contribution is 0.0829. The third-order valence-electron chi connectivity index (χ3n) is 5.41. The van der Waals surface area contributed by atoms with Crippen molar-refractivity contribution in [3.05, 3.63) is 91.3 Å². The third-order valence-corrected chi connectivity index (χ3v) is 6.29. The van der Waals surface area contributed by atoms with Crippen molar-refractivity contribution in [1.29, 1.82) is 0 Å². The number of hydrazone groups is 1. The van der Waals surface area contributed by atoms with Crippen molar-refractivity contribution in [1.82, 2.24) is 16.3 Å². The van der Waals surface area contributed by atoms with Gasteiger partial charge in [0.1, 0.15) is 5.76 Å². The number of carbonyl (C=O) groups excluding carboxylic acids is 3. The number of amides is 3. The van der Waals surface area contributed by atoms with E-state index in [9.17, 15) is 14.4 Å². The zero-order valence-corrected chi connectivity index (χ0v) is 20.6. The van der Waals surface area contributed by atoms with Crippen molar-refractivity contribution in [2.45, 2.75) is 26.2 Å².